The Labute approximate surface area is 122 Å². The van der Waals surface area contributed by atoms with Crippen LogP contribution in [0, 0.1) is 11.6 Å². The summed E-state index contributed by atoms with van der Waals surface area (Å²) >= 11 is 13.2. The lowest BCUT2D eigenvalue weighted by Crippen LogP contribution is -1.99. The molecule has 98 valence electrons. The SMILES string of the molecule is Fc1cc(-c2nc(Cl)c3c(n2)CSC3)c(F)cc1Cl. The highest BCUT2D eigenvalue weighted by molar-refractivity contribution is 7.98. The highest BCUT2D eigenvalue weighted by Gasteiger charge is 2.21. The fraction of sp³-hybridized carbons (Fsp3) is 0.167. The van der Waals surface area contributed by atoms with E-state index >= 15 is 0 Å². The number of fused-ring (bicyclic) bond motifs is 1. The zero-order valence-electron chi connectivity index (χ0n) is 9.38. The van der Waals surface area contributed by atoms with E-state index in [-0.39, 0.29) is 16.4 Å². The average molecular weight is 319 g/mol. The van der Waals surface area contributed by atoms with E-state index in [0.29, 0.717) is 10.9 Å². The Morgan fingerprint density at radius 3 is 2.63 bits per heavy atom. The number of benzene rings is 1. The number of rotatable bonds is 1. The third kappa shape index (κ3) is 2.30. The molecule has 0 amide bonds. The number of hydrogen-bond acceptors (Lipinski definition) is 3. The summed E-state index contributed by atoms with van der Waals surface area (Å²) in [4.78, 5) is 8.29. The van der Waals surface area contributed by atoms with Gasteiger partial charge in [0.2, 0.25) is 0 Å². The van der Waals surface area contributed by atoms with Gasteiger partial charge in [-0.15, -0.1) is 0 Å². The van der Waals surface area contributed by atoms with E-state index in [1.807, 2.05) is 0 Å². The number of thioether (sulfide) groups is 1. The Kier molecular flexibility index (Phi) is 3.37. The van der Waals surface area contributed by atoms with Gasteiger partial charge in [0, 0.05) is 17.1 Å². The lowest BCUT2D eigenvalue weighted by atomic mass is 10.1. The predicted octanol–water partition coefficient (Wildman–Crippen LogP) is 4.48. The first-order valence-corrected chi connectivity index (χ1v) is 7.25. The molecule has 0 unspecified atom stereocenters. The first-order valence-electron chi connectivity index (χ1n) is 5.34. The van der Waals surface area contributed by atoms with Crippen LogP contribution in [-0.4, -0.2) is 9.97 Å². The van der Waals surface area contributed by atoms with Crippen molar-refractivity contribution >= 4 is 35.0 Å². The summed E-state index contributed by atoms with van der Waals surface area (Å²) < 4.78 is 27.2. The molecule has 19 heavy (non-hydrogen) atoms. The van der Waals surface area contributed by atoms with Gasteiger partial charge in [0.25, 0.3) is 0 Å². The summed E-state index contributed by atoms with van der Waals surface area (Å²) in [5, 5.41) is 0.0174. The van der Waals surface area contributed by atoms with Crippen molar-refractivity contribution in [3.05, 3.63) is 45.2 Å². The maximum atomic E-state index is 13.8. The van der Waals surface area contributed by atoms with Crippen LogP contribution in [0.4, 0.5) is 8.78 Å². The van der Waals surface area contributed by atoms with Gasteiger partial charge in [-0.2, -0.15) is 11.8 Å². The molecule has 0 saturated carbocycles. The lowest BCUT2D eigenvalue weighted by molar-refractivity contribution is 0.602. The van der Waals surface area contributed by atoms with E-state index < -0.39 is 11.6 Å². The van der Waals surface area contributed by atoms with Crippen LogP contribution in [0.1, 0.15) is 11.3 Å². The first-order chi connectivity index (χ1) is 9.06. The minimum atomic E-state index is -0.715. The Morgan fingerprint density at radius 1 is 1.05 bits per heavy atom. The summed E-state index contributed by atoms with van der Waals surface area (Å²) in [6.07, 6.45) is 0. The predicted molar refractivity (Wildman–Crippen MR) is 72.4 cm³/mol. The van der Waals surface area contributed by atoms with Crippen molar-refractivity contribution in [3.63, 3.8) is 0 Å². The molecule has 2 aromatic rings. The van der Waals surface area contributed by atoms with Gasteiger partial charge in [0.1, 0.15) is 16.8 Å². The van der Waals surface area contributed by atoms with E-state index in [9.17, 15) is 8.78 Å². The van der Waals surface area contributed by atoms with Crippen LogP contribution < -0.4 is 0 Å². The molecule has 3 rings (SSSR count). The summed E-state index contributed by atoms with van der Waals surface area (Å²) in [6, 6.07) is 1.89. The highest BCUT2D eigenvalue weighted by Crippen LogP contribution is 2.35. The molecule has 1 aromatic carbocycles. The van der Waals surface area contributed by atoms with Crippen molar-refractivity contribution in [3.8, 4) is 11.4 Å². The first kappa shape index (κ1) is 13.1. The monoisotopic (exact) mass is 318 g/mol. The molecule has 0 spiro atoms. The van der Waals surface area contributed by atoms with Gasteiger partial charge < -0.3 is 0 Å². The van der Waals surface area contributed by atoms with Gasteiger partial charge in [0.05, 0.1) is 16.3 Å². The average Bonchev–Trinajstić information content (AvgIpc) is 2.82. The van der Waals surface area contributed by atoms with Gasteiger partial charge in [0.15, 0.2) is 5.82 Å². The number of aromatic nitrogens is 2. The fourth-order valence-electron chi connectivity index (χ4n) is 1.83. The smallest absolute Gasteiger partial charge is 0.164 e. The number of halogens is 4. The van der Waals surface area contributed by atoms with Crippen molar-refractivity contribution in [1.29, 1.82) is 0 Å². The molecule has 0 fully saturated rings. The molecule has 1 aliphatic heterocycles. The second-order valence-corrected chi connectivity index (χ2v) is 5.75. The number of nitrogens with zero attached hydrogens (tertiary/aromatic N) is 2. The Hall–Kier alpha value is -0.910. The fourth-order valence-corrected chi connectivity index (χ4v) is 3.35. The van der Waals surface area contributed by atoms with Crippen molar-refractivity contribution < 1.29 is 8.78 Å². The maximum Gasteiger partial charge on any atom is 0.164 e. The molecule has 0 radical (unpaired) electrons. The molecule has 0 aliphatic carbocycles. The van der Waals surface area contributed by atoms with Gasteiger partial charge in [-0.1, -0.05) is 23.2 Å². The summed E-state index contributed by atoms with van der Waals surface area (Å²) in [6.45, 7) is 0. The van der Waals surface area contributed by atoms with Crippen molar-refractivity contribution in [1.82, 2.24) is 9.97 Å². The van der Waals surface area contributed by atoms with Gasteiger partial charge >= 0.3 is 0 Å². The van der Waals surface area contributed by atoms with Crippen molar-refractivity contribution in [2.45, 2.75) is 11.5 Å². The molecular weight excluding hydrogens is 313 g/mol. The third-order valence-electron chi connectivity index (χ3n) is 2.78. The summed E-state index contributed by atoms with van der Waals surface area (Å²) in [5.74, 6) is 0.133. The van der Waals surface area contributed by atoms with Crippen LogP contribution in [0.25, 0.3) is 11.4 Å². The van der Waals surface area contributed by atoms with Crippen LogP contribution in [-0.2, 0) is 11.5 Å². The van der Waals surface area contributed by atoms with E-state index in [4.69, 9.17) is 23.2 Å². The molecule has 0 atom stereocenters. The largest absolute Gasteiger partial charge is 0.232 e. The van der Waals surface area contributed by atoms with Gasteiger partial charge in [-0.05, 0) is 12.1 Å². The standard InChI is InChI=1S/C12H6Cl2F2N2S/c13-7-2-8(15)5(1-9(7)16)12-17-10-4-19-3-6(10)11(14)18-12/h1-2H,3-4H2. The van der Waals surface area contributed by atoms with Crippen LogP contribution in [0.2, 0.25) is 10.2 Å². The van der Waals surface area contributed by atoms with E-state index in [2.05, 4.69) is 9.97 Å². The van der Waals surface area contributed by atoms with Crippen molar-refractivity contribution in [2.75, 3.05) is 0 Å². The minimum Gasteiger partial charge on any atom is -0.232 e. The Morgan fingerprint density at radius 2 is 1.84 bits per heavy atom. The molecular formula is C12H6Cl2F2N2S. The molecule has 0 N–H and O–H groups in total. The van der Waals surface area contributed by atoms with Crippen molar-refractivity contribution in [2.24, 2.45) is 0 Å². The highest BCUT2D eigenvalue weighted by atomic mass is 35.5. The third-order valence-corrected chi connectivity index (χ3v) is 4.35. The molecule has 2 heterocycles. The molecule has 0 saturated heterocycles. The molecule has 7 heteroatoms. The summed E-state index contributed by atoms with van der Waals surface area (Å²) in [7, 11) is 0. The van der Waals surface area contributed by atoms with E-state index in [1.54, 1.807) is 11.8 Å². The molecule has 1 aliphatic rings. The lowest BCUT2D eigenvalue weighted by Gasteiger charge is -2.07. The zero-order chi connectivity index (χ0) is 13.6. The van der Waals surface area contributed by atoms with Crippen LogP contribution in [0.5, 0.6) is 0 Å². The maximum absolute atomic E-state index is 13.8. The quantitative estimate of drug-likeness (QED) is 0.573. The van der Waals surface area contributed by atoms with Gasteiger partial charge in [-0.25, -0.2) is 18.7 Å². The molecule has 1 aromatic heterocycles. The number of hydrogen-bond donors (Lipinski definition) is 0. The van der Waals surface area contributed by atoms with Crippen LogP contribution in [0.15, 0.2) is 12.1 Å². The molecule has 0 bridgehead atoms. The molecule has 2 nitrogen and oxygen atoms in total. The zero-order valence-corrected chi connectivity index (χ0v) is 11.7. The second-order valence-electron chi connectivity index (χ2n) is 4.00. The van der Waals surface area contributed by atoms with E-state index in [0.717, 1.165) is 29.1 Å². The van der Waals surface area contributed by atoms with E-state index in [1.165, 1.54) is 0 Å². The van der Waals surface area contributed by atoms with Crippen LogP contribution >= 0.6 is 35.0 Å². The second kappa shape index (κ2) is 4.89. The Balaban J connectivity index is 2.18. The van der Waals surface area contributed by atoms with Gasteiger partial charge in [-0.3, -0.25) is 0 Å². The summed E-state index contributed by atoms with van der Waals surface area (Å²) in [5.41, 5.74) is 1.60. The Bertz CT molecular complexity index is 679. The topological polar surface area (TPSA) is 25.8 Å². The normalized spacial score (nSPS) is 13.7. The van der Waals surface area contributed by atoms with Crippen LogP contribution in [0.3, 0.4) is 0 Å². The minimum absolute atomic E-state index is 0.0384.